The van der Waals surface area contributed by atoms with Gasteiger partial charge in [0.05, 0.1) is 17.5 Å². The summed E-state index contributed by atoms with van der Waals surface area (Å²) in [7, 11) is 0. The zero-order chi connectivity index (χ0) is 19.2. The quantitative estimate of drug-likeness (QED) is 0.527. The van der Waals surface area contributed by atoms with Crippen LogP contribution in [0.5, 0.6) is 0 Å². The zero-order valence-corrected chi connectivity index (χ0v) is 15.4. The van der Waals surface area contributed by atoms with E-state index in [9.17, 15) is 19.2 Å². The van der Waals surface area contributed by atoms with E-state index < -0.39 is 0 Å². The van der Waals surface area contributed by atoms with Crippen molar-refractivity contribution in [1.82, 2.24) is 15.5 Å². The number of nitrogens with one attached hydrogen (secondary N) is 2. The minimum absolute atomic E-state index is 0.0224. The molecule has 0 radical (unpaired) electrons. The highest BCUT2D eigenvalue weighted by Crippen LogP contribution is 2.22. The van der Waals surface area contributed by atoms with E-state index in [0.717, 1.165) is 9.78 Å². The van der Waals surface area contributed by atoms with Crippen LogP contribution in [0, 0.1) is 0 Å². The molecule has 1 aromatic carbocycles. The second-order valence-corrected chi connectivity index (χ2v) is 7.05. The normalized spacial score (nSPS) is 12.8. The Morgan fingerprint density at radius 2 is 1.52 bits per heavy atom. The lowest BCUT2D eigenvalue weighted by Crippen LogP contribution is -2.38. The number of imide groups is 1. The fourth-order valence-corrected chi connectivity index (χ4v) is 3.49. The third-order valence-corrected chi connectivity index (χ3v) is 5.00. The molecule has 2 heterocycles. The van der Waals surface area contributed by atoms with Gasteiger partial charge in [-0.05, 0) is 23.6 Å². The van der Waals surface area contributed by atoms with Crippen LogP contribution in [0.3, 0.4) is 0 Å². The van der Waals surface area contributed by atoms with Crippen molar-refractivity contribution in [2.45, 2.75) is 12.8 Å². The van der Waals surface area contributed by atoms with Crippen LogP contribution in [0.2, 0.25) is 0 Å². The molecule has 140 valence electrons. The maximum absolute atomic E-state index is 12.2. The Morgan fingerprint density at radius 1 is 0.889 bits per heavy atom. The minimum Gasteiger partial charge on any atom is -0.354 e. The van der Waals surface area contributed by atoms with Crippen LogP contribution in [0.4, 0.5) is 0 Å². The molecule has 2 aromatic rings. The molecule has 27 heavy (non-hydrogen) atoms. The summed E-state index contributed by atoms with van der Waals surface area (Å²) in [6, 6.07) is 10.4. The summed E-state index contributed by atoms with van der Waals surface area (Å²) in [4.78, 5) is 50.2. The zero-order valence-electron chi connectivity index (χ0n) is 14.6. The molecule has 0 aliphatic carbocycles. The van der Waals surface area contributed by atoms with Crippen LogP contribution in [0.1, 0.15) is 32.0 Å². The van der Waals surface area contributed by atoms with E-state index in [1.165, 1.54) is 11.3 Å². The molecule has 2 N–H and O–H groups in total. The Hall–Kier alpha value is -3.00. The van der Waals surface area contributed by atoms with Crippen LogP contribution in [-0.4, -0.2) is 48.2 Å². The standard InChI is InChI=1S/C19H19N3O4S/c23-16(20-8-9-21-17(24)12-13-4-3-11-27-13)7-10-22-18(25)14-5-1-2-6-15(14)19(22)26/h1-6,11H,7-10,12H2,(H,20,23)(H,21,24). The first-order chi connectivity index (χ1) is 13.1. The maximum atomic E-state index is 12.2. The minimum atomic E-state index is -0.371. The number of thiophene rings is 1. The Morgan fingerprint density at radius 3 is 2.11 bits per heavy atom. The van der Waals surface area contributed by atoms with E-state index >= 15 is 0 Å². The number of hydrogen-bond donors (Lipinski definition) is 2. The molecule has 0 spiro atoms. The summed E-state index contributed by atoms with van der Waals surface area (Å²) in [6.07, 6.45) is 0.347. The van der Waals surface area contributed by atoms with Gasteiger partial charge in [-0.3, -0.25) is 24.1 Å². The molecule has 7 nitrogen and oxygen atoms in total. The smallest absolute Gasteiger partial charge is 0.261 e. The number of nitrogens with zero attached hydrogens (tertiary/aromatic N) is 1. The molecule has 0 atom stereocenters. The average Bonchev–Trinajstić information content (AvgIpc) is 3.25. The molecule has 1 aliphatic heterocycles. The molecular formula is C19H19N3O4S. The lowest BCUT2D eigenvalue weighted by Gasteiger charge is -2.13. The number of rotatable bonds is 8. The van der Waals surface area contributed by atoms with Crippen molar-refractivity contribution in [2.75, 3.05) is 19.6 Å². The maximum Gasteiger partial charge on any atom is 0.261 e. The molecule has 0 saturated heterocycles. The predicted octanol–water partition coefficient (Wildman–Crippen LogP) is 1.21. The third-order valence-electron chi connectivity index (χ3n) is 4.12. The van der Waals surface area contributed by atoms with Crippen molar-refractivity contribution in [3.63, 3.8) is 0 Å². The first-order valence-corrected chi connectivity index (χ1v) is 9.45. The molecule has 0 bridgehead atoms. The van der Waals surface area contributed by atoms with Crippen LogP contribution in [-0.2, 0) is 16.0 Å². The van der Waals surface area contributed by atoms with Crippen molar-refractivity contribution in [3.8, 4) is 0 Å². The molecule has 4 amide bonds. The van der Waals surface area contributed by atoms with Crippen LogP contribution >= 0.6 is 11.3 Å². The molecular weight excluding hydrogens is 366 g/mol. The van der Waals surface area contributed by atoms with E-state index in [4.69, 9.17) is 0 Å². The molecule has 0 saturated carbocycles. The number of benzene rings is 1. The second kappa shape index (κ2) is 8.59. The third kappa shape index (κ3) is 4.59. The Bertz CT molecular complexity index is 829. The van der Waals surface area contributed by atoms with Crippen LogP contribution in [0.25, 0.3) is 0 Å². The summed E-state index contributed by atoms with van der Waals surface area (Å²) in [5.74, 6) is -1.12. The Labute approximate surface area is 160 Å². The van der Waals surface area contributed by atoms with Crippen molar-refractivity contribution in [1.29, 1.82) is 0 Å². The Kier molecular flexibility index (Phi) is 5.97. The molecule has 8 heteroatoms. The fourth-order valence-electron chi connectivity index (χ4n) is 2.78. The summed E-state index contributed by atoms with van der Waals surface area (Å²) in [5.41, 5.74) is 0.743. The largest absolute Gasteiger partial charge is 0.354 e. The molecule has 0 unspecified atom stereocenters. The first kappa shape index (κ1) is 18.8. The van der Waals surface area contributed by atoms with Gasteiger partial charge in [0.1, 0.15) is 0 Å². The summed E-state index contributed by atoms with van der Waals surface area (Å²) in [5, 5.41) is 7.32. The lowest BCUT2D eigenvalue weighted by molar-refractivity contribution is -0.122. The van der Waals surface area contributed by atoms with Gasteiger partial charge in [-0.15, -0.1) is 11.3 Å². The van der Waals surface area contributed by atoms with E-state index in [1.807, 2.05) is 17.5 Å². The van der Waals surface area contributed by atoms with Crippen molar-refractivity contribution in [3.05, 3.63) is 57.8 Å². The monoisotopic (exact) mass is 385 g/mol. The van der Waals surface area contributed by atoms with Crippen LogP contribution in [0.15, 0.2) is 41.8 Å². The topological polar surface area (TPSA) is 95.6 Å². The fraction of sp³-hybridized carbons (Fsp3) is 0.263. The molecule has 3 rings (SSSR count). The van der Waals surface area contributed by atoms with Gasteiger partial charge in [0.25, 0.3) is 11.8 Å². The van der Waals surface area contributed by atoms with E-state index in [0.29, 0.717) is 24.1 Å². The first-order valence-electron chi connectivity index (χ1n) is 8.57. The van der Waals surface area contributed by atoms with Crippen LogP contribution < -0.4 is 10.6 Å². The number of hydrogen-bond acceptors (Lipinski definition) is 5. The highest BCUT2D eigenvalue weighted by molar-refractivity contribution is 7.10. The van der Waals surface area contributed by atoms with Crippen molar-refractivity contribution >= 4 is 35.0 Å². The van der Waals surface area contributed by atoms with E-state index in [2.05, 4.69) is 10.6 Å². The second-order valence-electron chi connectivity index (χ2n) is 6.01. The van der Waals surface area contributed by atoms with Gasteiger partial charge < -0.3 is 10.6 Å². The van der Waals surface area contributed by atoms with Gasteiger partial charge >= 0.3 is 0 Å². The number of fused-ring (bicyclic) bond motifs is 1. The van der Waals surface area contributed by atoms with E-state index in [-0.39, 0.29) is 43.1 Å². The Balaban J connectivity index is 1.35. The van der Waals surface area contributed by atoms with Gasteiger partial charge in [0.15, 0.2) is 0 Å². The molecule has 0 fully saturated rings. The van der Waals surface area contributed by atoms with Gasteiger partial charge in [0.2, 0.25) is 11.8 Å². The number of carbonyl (C=O) groups excluding carboxylic acids is 4. The van der Waals surface area contributed by atoms with Gasteiger partial charge in [-0.25, -0.2) is 0 Å². The molecule has 1 aromatic heterocycles. The SMILES string of the molecule is O=C(CCN1C(=O)c2ccccc2C1=O)NCCNC(=O)Cc1cccs1. The average molecular weight is 385 g/mol. The molecule has 1 aliphatic rings. The van der Waals surface area contributed by atoms with Crippen molar-refractivity contribution < 1.29 is 19.2 Å². The van der Waals surface area contributed by atoms with Gasteiger partial charge in [0, 0.05) is 30.9 Å². The highest BCUT2D eigenvalue weighted by atomic mass is 32.1. The van der Waals surface area contributed by atoms with Gasteiger partial charge in [-0.1, -0.05) is 18.2 Å². The summed E-state index contributed by atoms with van der Waals surface area (Å²) in [6.45, 7) is 0.642. The number of carbonyl (C=O) groups is 4. The predicted molar refractivity (Wildman–Crippen MR) is 100 cm³/mol. The lowest BCUT2D eigenvalue weighted by atomic mass is 10.1. The summed E-state index contributed by atoms with van der Waals surface area (Å²) < 4.78 is 0. The van der Waals surface area contributed by atoms with Gasteiger partial charge in [-0.2, -0.15) is 0 Å². The number of amides is 4. The van der Waals surface area contributed by atoms with Crippen molar-refractivity contribution in [2.24, 2.45) is 0 Å². The highest BCUT2D eigenvalue weighted by Gasteiger charge is 2.34. The van der Waals surface area contributed by atoms with E-state index in [1.54, 1.807) is 24.3 Å². The summed E-state index contributed by atoms with van der Waals surface area (Å²) >= 11 is 1.52.